The maximum atomic E-state index is 13.7. The van der Waals surface area contributed by atoms with E-state index in [4.69, 9.17) is 9.47 Å². The SMILES string of the molecule is O=C(CN1CCCCCOc2ccccc2Oc2ncccc2C1=O)N1CCN(c2ncccn2)CC1. The van der Waals surface area contributed by atoms with Gasteiger partial charge in [0.2, 0.25) is 17.7 Å². The normalized spacial score (nSPS) is 16.8. The van der Waals surface area contributed by atoms with Gasteiger partial charge in [-0.1, -0.05) is 12.1 Å². The summed E-state index contributed by atoms with van der Waals surface area (Å²) in [6, 6.07) is 12.5. The molecular weight excluding hydrogens is 472 g/mol. The summed E-state index contributed by atoms with van der Waals surface area (Å²) in [6.45, 7) is 3.39. The third kappa shape index (κ3) is 5.96. The topological polar surface area (TPSA) is 101 Å². The maximum absolute atomic E-state index is 13.7. The number of carbonyl (C=O) groups excluding carboxylic acids is 2. The summed E-state index contributed by atoms with van der Waals surface area (Å²) in [7, 11) is 0. The molecule has 1 fully saturated rings. The zero-order valence-corrected chi connectivity index (χ0v) is 20.7. The summed E-state index contributed by atoms with van der Waals surface area (Å²) in [4.78, 5) is 45.4. The van der Waals surface area contributed by atoms with Crippen LogP contribution < -0.4 is 14.4 Å². The molecule has 1 aromatic carbocycles. The van der Waals surface area contributed by atoms with Gasteiger partial charge < -0.3 is 24.2 Å². The molecule has 0 saturated carbocycles. The molecule has 0 aliphatic carbocycles. The molecule has 10 heteroatoms. The molecule has 4 heterocycles. The number of rotatable bonds is 3. The fourth-order valence-corrected chi connectivity index (χ4v) is 4.45. The number of nitrogens with zero attached hydrogens (tertiary/aromatic N) is 6. The Bertz CT molecular complexity index is 1220. The van der Waals surface area contributed by atoms with Gasteiger partial charge >= 0.3 is 0 Å². The van der Waals surface area contributed by atoms with E-state index in [9.17, 15) is 9.59 Å². The number of fused-ring (bicyclic) bond motifs is 2. The summed E-state index contributed by atoms with van der Waals surface area (Å²) in [5.41, 5.74) is 0.315. The van der Waals surface area contributed by atoms with E-state index < -0.39 is 0 Å². The van der Waals surface area contributed by atoms with E-state index in [-0.39, 0.29) is 24.2 Å². The van der Waals surface area contributed by atoms with E-state index in [1.165, 1.54) is 0 Å². The number of benzene rings is 1. The van der Waals surface area contributed by atoms with Gasteiger partial charge in [-0.3, -0.25) is 9.59 Å². The summed E-state index contributed by atoms with van der Waals surface area (Å²) < 4.78 is 12.0. The van der Waals surface area contributed by atoms with Crippen molar-refractivity contribution >= 4 is 17.8 Å². The monoisotopic (exact) mass is 502 g/mol. The molecule has 2 aliphatic heterocycles. The van der Waals surface area contributed by atoms with E-state index in [1.54, 1.807) is 52.7 Å². The highest BCUT2D eigenvalue weighted by atomic mass is 16.5. The number of para-hydroxylation sites is 2. The Hall–Kier alpha value is -4.21. The van der Waals surface area contributed by atoms with Gasteiger partial charge in [0.25, 0.3) is 5.91 Å². The van der Waals surface area contributed by atoms with Crippen molar-refractivity contribution < 1.29 is 19.1 Å². The third-order valence-electron chi connectivity index (χ3n) is 6.47. The fourth-order valence-electron chi connectivity index (χ4n) is 4.45. The van der Waals surface area contributed by atoms with Crippen LogP contribution in [0.2, 0.25) is 0 Å². The van der Waals surface area contributed by atoms with Gasteiger partial charge in [-0.05, 0) is 49.6 Å². The van der Waals surface area contributed by atoms with Crippen LogP contribution in [-0.4, -0.2) is 82.4 Å². The highest BCUT2D eigenvalue weighted by molar-refractivity contribution is 5.98. The molecule has 2 amide bonds. The van der Waals surface area contributed by atoms with E-state index in [1.807, 2.05) is 18.2 Å². The second-order valence-corrected chi connectivity index (χ2v) is 8.96. The van der Waals surface area contributed by atoms with Crippen molar-refractivity contribution in [3.05, 3.63) is 66.6 Å². The number of hydrogen-bond donors (Lipinski definition) is 0. The lowest BCUT2D eigenvalue weighted by Crippen LogP contribution is -2.52. The van der Waals surface area contributed by atoms with Crippen LogP contribution in [0.3, 0.4) is 0 Å². The Balaban J connectivity index is 1.31. The van der Waals surface area contributed by atoms with Gasteiger partial charge in [0.15, 0.2) is 11.5 Å². The van der Waals surface area contributed by atoms with Gasteiger partial charge in [-0.15, -0.1) is 0 Å². The van der Waals surface area contributed by atoms with Crippen molar-refractivity contribution in [1.29, 1.82) is 0 Å². The van der Waals surface area contributed by atoms with E-state index >= 15 is 0 Å². The maximum Gasteiger partial charge on any atom is 0.259 e. The smallest absolute Gasteiger partial charge is 0.259 e. The lowest BCUT2D eigenvalue weighted by atomic mass is 10.2. The molecule has 0 bridgehead atoms. The second kappa shape index (κ2) is 11.7. The zero-order valence-electron chi connectivity index (χ0n) is 20.7. The Kier molecular flexibility index (Phi) is 7.73. The number of hydrogen-bond acceptors (Lipinski definition) is 8. The molecule has 37 heavy (non-hydrogen) atoms. The van der Waals surface area contributed by atoms with Gasteiger partial charge in [-0.25, -0.2) is 15.0 Å². The molecule has 2 aliphatic rings. The highest BCUT2D eigenvalue weighted by Crippen LogP contribution is 2.32. The Morgan fingerprint density at radius 1 is 0.811 bits per heavy atom. The lowest BCUT2D eigenvalue weighted by Gasteiger charge is -2.35. The quantitative estimate of drug-likeness (QED) is 0.539. The van der Waals surface area contributed by atoms with Crippen LogP contribution in [0.5, 0.6) is 17.4 Å². The fraction of sp³-hybridized carbons (Fsp3) is 0.370. The summed E-state index contributed by atoms with van der Waals surface area (Å²) >= 11 is 0. The molecule has 0 unspecified atom stereocenters. The third-order valence-corrected chi connectivity index (χ3v) is 6.47. The summed E-state index contributed by atoms with van der Waals surface area (Å²) in [5.74, 6) is 1.61. The van der Waals surface area contributed by atoms with Crippen LogP contribution in [0.4, 0.5) is 5.95 Å². The first-order chi connectivity index (χ1) is 18.2. The molecule has 2 aromatic heterocycles. The standard InChI is InChI=1S/C27H30N6O4/c34-24(31-15-17-32(18-16-31)27-29-12-7-13-30-27)20-33-14-4-1-5-19-36-22-9-2-3-10-23(22)37-25-21(26(33)35)8-6-11-28-25/h2-3,6-13H,1,4-5,14-20H2. The van der Waals surface area contributed by atoms with Crippen LogP contribution in [0, 0.1) is 0 Å². The average Bonchev–Trinajstić information content (AvgIpc) is 2.96. The minimum atomic E-state index is -0.273. The Labute approximate surface area is 215 Å². The molecular formula is C27H30N6O4. The van der Waals surface area contributed by atoms with Crippen molar-refractivity contribution in [3.63, 3.8) is 0 Å². The van der Waals surface area contributed by atoms with Crippen molar-refractivity contribution in [2.45, 2.75) is 19.3 Å². The van der Waals surface area contributed by atoms with Crippen molar-refractivity contribution in [2.24, 2.45) is 0 Å². The number of amides is 2. The van der Waals surface area contributed by atoms with Crippen LogP contribution in [0.1, 0.15) is 29.6 Å². The number of aromatic nitrogens is 3. The van der Waals surface area contributed by atoms with Gasteiger partial charge in [0, 0.05) is 51.3 Å². The van der Waals surface area contributed by atoms with Gasteiger partial charge in [0.05, 0.1) is 6.61 Å². The van der Waals surface area contributed by atoms with Crippen LogP contribution in [0.25, 0.3) is 0 Å². The van der Waals surface area contributed by atoms with Crippen molar-refractivity contribution in [1.82, 2.24) is 24.8 Å². The van der Waals surface area contributed by atoms with Gasteiger partial charge in [-0.2, -0.15) is 0 Å². The first-order valence-electron chi connectivity index (χ1n) is 12.6. The summed E-state index contributed by atoms with van der Waals surface area (Å²) in [6.07, 6.45) is 7.48. The van der Waals surface area contributed by atoms with E-state index in [0.29, 0.717) is 62.3 Å². The zero-order chi connectivity index (χ0) is 25.5. The van der Waals surface area contributed by atoms with Crippen LogP contribution in [-0.2, 0) is 4.79 Å². The first-order valence-corrected chi connectivity index (χ1v) is 12.6. The second-order valence-electron chi connectivity index (χ2n) is 8.96. The van der Waals surface area contributed by atoms with E-state index in [2.05, 4.69) is 19.9 Å². The molecule has 0 N–H and O–H groups in total. The number of pyridine rings is 1. The molecule has 192 valence electrons. The molecule has 0 spiro atoms. The largest absolute Gasteiger partial charge is 0.490 e. The molecule has 1 saturated heterocycles. The predicted molar refractivity (Wildman–Crippen MR) is 137 cm³/mol. The van der Waals surface area contributed by atoms with E-state index in [0.717, 1.165) is 19.3 Å². The van der Waals surface area contributed by atoms with Crippen LogP contribution in [0.15, 0.2) is 61.1 Å². The molecule has 0 atom stereocenters. The van der Waals surface area contributed by atoms with Crippen LogP contribution >= 0.6 is 0 Å². The number of anilines is 1. The average molecular weight is 503 g/mol. The first kappa shape index (κ1) is 24.5. The number of carbonyl (C=O) groups is 2. The highest BCUT2D eigenvalue weighted by Gasteiger charge is 2.28. The molecule has 3 aromatic rings. The molecule has 0 radical (unpaired) electrons. The van der Waals surface area contributed by atoms with Crippen molar-refractivity contribution in [3.8, 4) is 17.4 Å². The molecule has 10 nitrogen and oxygen atoms in total. The lowest BCUT2D eigenvalue weighted by molar-refractivity contribution is -0.132. The summed E-state index contributed by atoms with van der Waals surface area (Å²) in [5, 5.41) is 0. The van der Waals surface area contributed by atoms with Gasteiger partial charge in [0.1, 0.15) is 12.1 Å². The number of ether oxygens (including phenoxy) is 2. The van der Waals surface area contributed by atoms with Crippen molar-refractivity contribution in [2.75, 3.05) is 50.8 Å². The minimum Gasteiger partial charge on any atom is -0.490 e. The number of piperazine rings is 1. The molecule has 5 rings (SSSR count). The minimum absolute atomic E-state index is 0.00207. The Morgan fingerprint density at radius 2 is 1.57 bits per heavy atom. The predicted octanol–water partition coefficient (Wildman–Crippen LogP) is 3.02. The Morgan fingerprint density at radius 3 is 2.38 bits per heavy atom.